The Morgan fingerprint density at radius 1 is 0.727 bits per heavy atom. The molecular weight excluding hydrogens is 455 g/mol. The summed E-state index contributed by atoms with van der Waals surface area (Å²) in [5, 5.41) is 0. The van der Waals surface area contributed by atoms with E-state index in [2.05, 4.69) is 32.1 Å². The van der Waals surface area contributed by atoms with Crippen LogP contribution in [0, 0.1) is 0 Å². The molecule has 6 nitrogen and oxygen atoms in total. The minimum Gasteiger partial charge on any atom is -0.351 e. The van der Waals surface area contributed by atoms with Crippen LogP contribution in [0.3, 0.4) is 0 Å². The molecule has 0 saturated carbocycles. The Morgan fingerprint density at radius 3 is 1.64 bits per heavy atom. The number of para-hydroxylation sites is 2. The van der Waals surface area contributed by atoms with Gasteiger partial charge in [0.25, 0.3) is 0 Å². The van der Waals surface area contributed by atoms with Crippen molar-refractivity contribution in [2.75, 3.05) is 9.62 Å². The van der Waals surface area contributed by atoms with Crippen LogP contribution in [0.2, 0.25) is 0 Å². The number of aromatic nitrogens is 4. The first kappa shape index (κ1) is 14.6. The van der Waals surface area contributed by atoms with Crippen molar-refractivity contribution in [2.45, 2.75) is 0 Å². The van der Waals surface area contributed by atoms with Crippen LogP contribution in [0.25, 0.3) is 0 Å². The number of benzene rings is 1. The Kier molecular flexibility index (Phi) is 4.13. The van der Waals surface area contributed by atoms with Crippen LogP contribution in [0.15, 0.2) is 61.4 Å². The van der Waals surface area contributed by atoms with E-state index in [0.717, 1.165) is 23.0 Å². The van der Waals surface area contributed by atoms with Crippen LogP contribution in [0.5, 0.6) is 0 Å². The van der Waals surface area contributed by atoms with Gasteiger partial charge in [0.05, 0.1) is 11.4 Å². The van der Waals surface area contributed by atoms with Crippen LogP contribution in [-0.2, 0) is 20.1 Å². The second-order valence-corrected chi connectivity index (χ2v) is 4.48. The largest absolute Gasteiger partial charge is 0.403 e. The average molecular weight is 465 g/mol. The van der Waals surface area contributed by atoms with Gasteiger partial charge in [-0.05, 0) is 24.3 Å². The molecule has 2 aromatic heterocycles. The van der Waals surface area contributed by atoms with Gasteiger partial charge in [-0.3, -0.25) is 0 Å². The second-order valence-electron chi connectivity index (χ2n) is 4.48. The molecule has 0 N–H and O–H groups in total. The van der Waals surface area contributed by atoms with Gasteiger partial charge < -0.3 is 9.62 Å². The van der Waals surface area contributed by atoms with Gasteiger partial charge in [-0.1, -0.05) is 12.1 Å². The fraction of sp³-hybridized carbons (Fsp3) is 0. The smallest absolute Gasteiger partial charge is 0.351 e. The average Bonchev–Trinajstić information content (AvgIpc) is 2.96. The monoisotopic (exact) mass is 466 g/mol. The van der Waals surface area contributed by atoms with Crippen molar-refractivity contribution in [3.63, 3.8) is 0 Å². The predicted molar refractivity (Wildman–Crippen MR) is 80.5 cm³/mol. The van der Waals surface area contributed by atoms with Crippen molar-refractivity contribution >= 4 is 30.6 Å². The maximum Gasteiger partial charge on any atom is 0.403 e. The van der Waals surface area contributed by atoms with Gasteiger partial charge in [-0.25, -0.2) is 19.9 Å². The topological polar surface area (TPSA) is 58.0 Å². The zero-order valence-corrected chi connectivity index (χ0v) is 13.8. The number of nitrogens with zero attached hydrogens (tertiary/aromatic N) is 6. The Hall–Kier alpha value is -2.31. The van der Waals surface area contributed by atoms with Gasteiger partial charge in [-0.15, -0.1) is 0 Å². The summed E-state index contributed by atoms with van der Waals surface area (Å²) in [7, 11) is 1.97. The summed E-state index contributed by atoms with van der Waals surface area (Å²) in [6.45, 7) is 0. The number of hydrogen-bond donors (Lipinski definition) is 0. The molecule has 0 fully saturated rings. The maximum absolute atomic E-state index is 4.31. The number of anilines is 4. The number of fused-ring (bicyclic) bond motifs is 1. The molecular formula is C14H10BIrN6. The third-order valence-electron chi connectivity index (χ3n) is 3.26. The summed E-state index contributed by atoms with van der Waals surface area (Å²) in [5.41, 5.74) is 2.10. The Bertz CT molecular complexity index is 693. The van der Waals surface area contributed by atoms with E-state index in [-0.39, 0.29) is 20.1 Å². The summed E-state index contributed by atoms with van der Waals surface area (Å²) in [4.78, 5) is 20.6. The molecule has 0 bridgehead atoms. The minimum atomic E-state index is 0. The van der Waals surface area contributed by atoms with E-state index >= 15 is 0 Å². The summed E-state index contributed by atoms with van der Waals surface area (Å²) in [5.74, 6) is 1.63. The van der Waals surface area contributed by atoms with E-state index in [1.165, 1.54) is 0 Å². The van der Waals surface area contributed by atoms with Crippen LogP contribution in [0.4, 0.5) is 23.0 Å². The zero-order valence-electron chi connectivity index (χ0n) is 11.4. The van der Waals surface area contributed by atoms with Crippen molar-refractivity contribution in [1.82, 2.24) is 19.9 Å². The van der Waals surface area contributed by atoms with E-state index in [0.29, 0.717) is 0 Å². The van der Waals surface area contributed by atoms with Gasteiger partial charge in [-0.2, -0.15) is 0 Å². The molecule has 1 aliphatic heterocycles. The van der Waals surface area contributed by atoms with E-state index < -0.39 is 0 Å². The van der Waals surface area contributed by atoms with E-state index in [1.807, 2.05) is 41.4 Å². The SMILES string of the molecule is [B]1N(c2ccncn2)c2ccccc2N1c1ccncn1.[Ir]. The van der Waals surface area contributed by atoms with Gasteiger partial charge in [0.2, 0.25) is 0 Å². The molecule has 0 unspecified atom stereocenters. The quantitative estimate of drug-likeness (QED) is 0.541. The Balaban J connectivity index is 0.00000144. The van der Waals surface area contributed by atoms with Gasteiger partial charge in [0.15, 0.2) is 0 Å². The summed E-state index contributed by atoms with van der Waals surface area (Å²) >= 11 is 0. The molecule has 4 rings (SSSR count). The molecule has 108 valence electrons. The maximum atomic E-state index is 4.31. The summed E-state index contributed by atoms with van der Waals surface area (Å²) in [6, 6.07) is 11.9. The molecule has 1 aromatic carbocycles. The molecule has 0 saturated heterocycles. The van der Waals surface area contributed by atoms with Gasteiger partial charge in [0, 0.05) is 32.5 Å². The summed E-state index contributed by atoms with van der Waals surface area (Å²) < 4.78 is 0. The Morgan fingerprint density at radius 2 is 1.23 bits per heavy atom. The molecule has 0 aliphatic carbocycles. The Labute approximate surface area is 141 Å². The van der Waals surface area contributed by atoms with Crippen molar-refractivity contribution in [1.29, 1.82) is 0 Å². The molecule has 3 heterocycles. The first-order valence-corrected chi connectivity index (χ1v) is 6.48. The first-order chi connectivity index (χ1) is 10.4. The summed E-state index contributed by atoms with van der Waals surface area (Å²) in [6.07, 6.45) is 6.54. The van der Waals surface area contributed by atoms with Crippen LogP contribution in [-0.4, -0.2) is 27.5 Å². The zero-order chi connectivity index (χ0) is 14.1. The van der Waals surface area contributed by atoms with Crippen LogP contribution in [0.1, 0.15) is 0 Å². The fourth-order valence-electron chi connectivity index (χ4n) is 2.33. The number of hydrogen-bond acceptors (Lipinski definition) is 6. The number of rotatable bonds is 2. The van der Waals surface area contributed by atoms with Crippen molar-refractivity contribution < 1.29 is 20.1 Å². The molecule has 8 heteroatoms. The standard InChI is InChI=1S/C14H10BN6.Ir/c1-2-4-12-11(3-1)20(13-5-7-16-9-18-13)15-21(12)14-6-8-17-10-19-14;/h1-10H;. The first-order valence-electron chi connectivity index (χ1n) is 6.48. The van der Waals surface area contributed by atoms with Crippen LogP contribution < -0.4 is 9.62 Å². The fourth-order valence-corrected chi connectivity index (χ4v) is 2.33. The third kappa shape index (κ3) is 2.47. The second kappa shape index (κ2) is 6.21. The normalized spacial score (nSPS) is 12.4. The van der Waals surface area contributed by atoms with E-state index in [4.69, 9.17) is 0 Å². The molecule has 2 radical (unpaired) electrons. The van der Waals surface area contributed by atoms with Crippen molar-refractivity contribution in [2.24, 2.45) is 0 Å². The molecule has 1 aliphatic rings. The molecule has 3 aromatic rings. The van der Waals surface area contributed by atoms with Crippen molar-refractivity contribution in [3.8, 4) is 0 Å². The minimum absolute atomic E-state index is 0. The van der Waals surface area contributed by atoms with Gasteiger partial charge >= 0.3 is 7.55 Å². The molecule has 0 atom stereocenters. The van der Waals surface area contributed by atoms with Crippen molar-refractivity contribution in [3.05, 3.63) is 61.4 Å². The van der Waals surface area contributed by atoms with E-state index in [9.17, 15) is 0 Å². The molecule has 0 amide bonds. The predicted octanol–water partition coefficient (Wildman–Crippen LogP) is 2.09. The van der Waals surface area contributed by atoms with Crippen LogP contribution >= 0.6 is 0 Å². The van der Waals surface area contributed by atoms with Gasteiger partial charge in [0.1, 0.15) is 24.3 Å². The van der Waals surface area contributed by atoms with E-state index in [1.54, 1.807) is 25.0 Å². The molecule has 0 spiro atoms. The third-order valence-corrected chi connectivity index (χ3v) is 3.26. The molecule has 22 heavy (non-hydrogen) atoms.